The molecular formula is C23H17NO3S2. The van der Waals surface area contributed by atoms with Crippen molar-refractivity contribution in [2.75, 3.05) is 6.79 Å². The number of carbonyl (C=O) groups excluding carboxylic acids is 1. The van der Waals surface area contributed by atoms with Crippen molar-refractivity contribution in [3.05, 3.63) is 82.7 Å². The number of carbonyl (C=O) groups is 1. The second kappa shape index (κ2) is 7.89. The lowest BCUT2D eigenvalue weighted by atomic mass is 10.1. The number of Topliss-reactive ketones (excluding diaryl/α,β-unsaturated/α-hetero) is 1. The van der Waals surface area contributed by atoms with Gasteiger partial charge in [0.05, 0.1) is 10.4 Å². The molecule has 3 heterocycles. The zero-order valence-corrected chi connectivity index (χ0v) is 17.0. The highest BCUT2D eigenvalue weighted by molar-refractivity contribution is 7.99. The van der Waals surface area contributed by atoms with E-state index >= 15 is 0 Å². The number of rotatable bonds is 6. The van der Waals surface area contributed by atoms with E-state index in [1.54, 1.807) is 18.0 Å². The van der Waals surface area contributed by atoms with Gasteiger partial charge >= 0.3 is 0 Å². The van der Waals surface area contributed by atoms with Crippen LogP contribution < -0.4 is 9.47 Å². The van der Waals surface area contributed by atoms with Gasteiger partial charge in [-0.1, -0.05) is 30.3 Å². The van der Waals surface area contributed by atoms with Gasteiger partial charge in [0.25, 0.3) is 0 Å². The molecule has 0 spiro atoms. The molecule has 5 rings (SSSR count). The first-order valence-electron chi connectivity index (χ1n) is 9.24. The topological polar surface area (TPSA) is 48.4 Å². The second-order valence-corrected chi connectivity index (χ2v) is 8.85. The van der Waals surface area contributed by atoms with Crippen LogP contribution in [0.3, 0.4) is 0 Å². The van der Waals surface area contributed by atoms with E-state index in [2.05, 4.69) is 23.2 Å². The fraction of sp³-hybridized carbons (Fsp3) is 0.130. The van der Waals surface area contributed by atoms with Crippen molar-refractivity contribution in [2.45, 2.75) is 16.6 Å². The fourth-order valence-electron chi connectivity index (χ4n) is 3.37. The number of fused-ring (bicyclic) bond motifs is 2. The van der Waals surface area contributed by atoms with Gasteiger partial charge in [-0.05, 0) is 41.3 Å². The van der Waals surface area contributed by atoms with Gasteiger partial charge in [0, 0.05) is 28.1 Å². The SMILES string of the molecule is O=C(CC(Sc1cccc2cccnc12)c1ccc2c(c1)OCO2)c1cccs1. The van der Waals surface area contributed by atoms with Gasteiger partial charge in [0.1, 0.15) is 0 Å². The van der Waals surface area contributed by atoms with Crippen LogP contribution in [0.25, 0.3) is 10.9 Å². The predicted octanol–water partition coefficient (Wildman–Crippen LogP) is 6.13. The van der Waals surface area contributed by atoms with Crippen LogP contribution in [0, 0.1) is 0 Å². The van der Waals surface area contributed by atoms with Crippen molar-refractivity contribution < 1.29 is 14.3 Å². The Morgan fingerprint density at radius 2 is 1.97 bits per heavy atom. The standard InChI is InChI=1S/C23H17NO3S2/c25-17(20-7-3-11-28-20)13-22(16-8-9-18-19(12-16)27-14-26-18)29-21-6-1-4-15-5-2-10-24-23(15)21/h1-12,22H,13-14H2. The van der Waals surface area contributed by atoms with Crippen LogP contribution in [0.2, 0.25) is 0 Å². The minimum atomic E-state index is -0.0632. The number of para-hydroxylation sites is 1. The molecule has 2 aromatic carbocycles. The van der Waals surface area contributed by atoms with Crippen LogP contribution >= 0.6 is 23.1 Å². The lowest BCUT2D eigenvalue weighted by Crippen LogP contribution is -2.04. The summed E-state index contributed by atoms with van der Waals surface area (Å²) in [5.41, 5.74) is 1.99. The Bertz CT molecular complexity index is 1170. The van der Waals surface area contributed by atoms with Gasteiger partial charge in [-0.2, -0.15) is 0 Å². The van der Waals surface area contributed by atoms with Crippen LogP contribution in [0.15, 0.2) is 77.1 Å². The molecule has 0 aliphatic carbocycles. The molecule has 0 saturated carbocycles. The third-order valence-corrected chi connectivity index (χ3v) is 7.02. The maximum atomic E-state index is 12.9. The van der Waals surface area contributed by atoms with Gasteiger partial charge in [-0.3, -0.25) is 9.78 Å². The number of pyridine rings is 1. The van der Waals surface area contributed by atoms with Crippen molar-refractivity contribution in [3.63, 3.8) is 0 Å². The predicted molar refractivity (Wildman–Crippen MR) is 116 cm³/mol. The number of hydrogen-bond acceptors (Lipinski definition) is 6. The van der Waals surface area contributed by atoms with Crippen LogP contribution in [0.1, 0.15) is 26.9 Å². The highest BCUT2D eigenvalue weighted by Crippen LogP contribution is 2.44. The molecule has 1 unspecified atom stereocenters. The Labute approximate surface area is 176 Å². The van der Waals surface area contributed by atoms with E-state index in [4.69, 9.17) is 9.47 Å². The minimum absolute atomic E-state index is 0.0632. The number of thiophene rings is 1. The molecule has 6 heteroatoms. The van der Waals surface area contributed by atoms with Gasteiger partial charge in [0.15, 0.2) is 17.3 Å². The average Bonchev–Trinajstić information content (AvgIpc) is 3.45. The molecule has 2 aromatic heterocycles. The maximum Gasteiger partial charge on any atom is 0.231 e. The van der Waals surface area contributed by atoms with E-state index in [1.165, 1.54) is 11.3 Å². The van der Waals surface area contributed by atoms with Crippen LogP contribution in [-0.4, -0.2) is 17.6 Å². The van der Waals surface area contributed by atoms with E-state index in [1.807, 2.05) is 47.8 Å². The Kier molecular flexibility index (Phi) is 4.96. The highest BCUT2D eigenvalue weighted by Gasteiger charge is 2.23. The first-order valence-corrected chi connectivity index (χ1v) is 11.0. The number of hydrogen-bond donors (Lipinski definition) is 0. The second-order valence-electron chi connectivity index (χ2n) is 6.66. The summed E-state index contributed by atoms with van der Waals surface area (Å²) >= 11 is 3.15. The first-order chi connectivity index (χ1) is 14.3. The zero-order chi connectivity index (χ0) is 19.6. The van der Waals surface area contributed by atoms with E-state index < -0.39 is 0 Å². The Morgan fingerprint density at radius 1 is 1.07 bits per heavy atom. The molecule has 144 valence electrons. The molecule has 1 atom stereocenters. The third-order valence-electron chi connectivity index (χ3n) is 4.80. The molecule has 0 saturated heterocycles. The molecule has 0 radical (unpaired) electrons. The Hall–Kier alpha value is -2.83. The number of benzene rings is 2. The van der Waals surface area contributed by atoms with E-state index in [0.29, 0.717) is 6.42 Å². The molecule has 29 heavy (non-hydrogen) atoms. The summed E-state index contributed by atoms with van der Waals surface area (Å²) in [7, 11) is 0. The smallest absolute Gasteiger partial charge is 0.231 e. The molecule has 1 aliphatic rings. The van der Waals surface area contributed by atoms with Gasteiger partial charge < -0.3 is 9.47 Å². The van der Waals surface area contributed by atoms with E-state index in [0.717, 1.165) is 37.7 Å². The summed E-state index contributed by atoms with van der Waals surface area (Å²) < 4.78 is 11.0. The molecule has 0 bridgehead atoms. The van der Waals surface area contributed by atoms with Crippen LogP contribution in [-0.2, 0) is 0 Å². The van der Waals surface area contributed by atoms with Gasteiger partial charge in [0.2, 0.25) is 6.79 Å². The van der Waals surface area contributed by atoms with Crippen LogP contribution in [0.4, 0.5) is 0 Å². The summed E-state index contributed by atoms with van der Waals surface area (Å²) in [5, 5.41) is 2.96. The molecule has 4 nitrogen and oxygen atoms in total. The van der Waals surface area contributed by atoms with Crippen molar-refractivity contribution in [3.8, 4) is 11.5 Å². The molecular weight excluding hydrogens is 402 g/mol. The number of thioether (sulfide) groups is 1. The summed E-state index contributed by atoms with van der Waals surface area (Å²) in [6, 6.07) is 19.9. The lowest BCUT2D eigenvalue weighted by Gasteiger charge is -2.17. The first kappa shape index (κ1) is 18.2. The van der Waals surface area contributed by atoms with Gasteiger partial charge in [-0.15, -0.1) is 23.1 Å². The maximum absolute atomic E-state index is 12.9. The molecule has 0 N–H and O–H groups in total. The average molecular weight is 420 g/mol. The van der Waals surface area contributed by atoms with Crippen molar-refractivity contribution in [1.29, 1.82) is 0 Å². The highest BCUT2D eigenvalue weighted by atomic mass is 32.2. The Morgan fingerprint density at radius 3 is 2.86 bits per heavy atom. The monoisotopic (exact) mass is 419 g/mol. The Balaban J connectivity index is 1.51. The quantitative estimate of drug-likeness (QED) is 0.278. The van der Waals surface area contributed by atoms with Crippen molar-refractivity contribution in [1.82, 2.24) is 4.98 Å². The molecule has 0 fully saturated rings. The number of nitrogens with zero attached hydrogens (tertiary/aromatic N) is 1. The summed E-state index contributed by atoms with van der Waals surface area (Å²) in [5.74, 6) is 1.62. The van der Waals surface area contributed by atoms with Crippen molar-refractivity contribution >= 4 is 39.8 Å². The lowest BCUT2D eigenvalue weighted by molar-refractivity contribution is 0.0986. The summed E-state index contributed by atoms with van der Waals surface area (Å²) in [6.07, 6.45) is 2.20. The number of ketones is 1. The molecule has 1 aliphatic heterocycles. The van der Waals surface area contributed by atoms with E-state index in [9.17, 15) is 4.79 Å². The normalized spacial score (nSPS) is 13.5. The van der Waals surface area contributed by atoms with Gasteiger partial charge in [-0.25, -0.2) is 0 Å². The molecule has 0 amide bonds. The largest absolute Gasteiger partial charge is 0.454 e. The summed E-state index contributed by atoms with van der Waals surface area (Å²) in [4.78, 5) is 19.3. The number of aromatic nitrogens is 1. The number of ether oxygens (including phenoxy) is 2. The van der Waals surface area contributed by atoms with E-state index in [-0.39, 0.29) is 17.8 Å². The van der Waals surface area contributed by atoms with Crippen LogP contribution in [0.5, 0.6) is 11.5 Å². The third kappa shape index (κ3) is 3.73. The summed E-state index contributed by atoms with van der Waals surface area (Å²) in [6.45, 7) is 0.234. The minimum Gasteiger partial charge on any atom is -0.454 e. The van der Waals surface area contributed by atoms with Crippen molar-refractivity contribution in [2.24, 2.45) is 0 Å². The molecule has 4 aromatic rings. The fourth-order valence-corrected chi connectivity index (χ4v) is 5.31. The zero-order valence-electron chi connectivity index (χ0n) is 15.4.